The number of halogens is 1. The van der Waals surface area contributed by atoms with E-state index in [0.717, 1.165) is 25.9 Å². The highest BCUT2D eigenvalue weighted by atomic mass is 79.9. The van der Waals surface area contributed by atoms with E-state index in [4.69, 9.17) is 0 Å². The average molecular weight is 313 g/mol. The summed E-state index contributed by atoms with van der Waals surface area (Å²) >= 11 is 3.30. The Kier molecular flexibility index (Phi) is 6.33. The number of pyridine rings is 1. The first kappa shape index (κ1) is 15.2. The summed E-state index contributed by atoms with van der Waals surface area (Å²) in [7, 11) is 0. The molecule has 4 heteroatoms. The van der Waals surface area contributed by atoms with E-state index in [1.165, 1.54) is 0 Å². The maximum absolute atomic E-state index is 12.3. The smallest absolute Gasteiger partial charge is 0.272 e. The van der Waals surface area contributed by atoms with Crippen molar-refractivity contribution in [3.05, 3.63) is 28.5 Å². The van der Waals surface area contributed by atoms with Gasteiger partial charge in [0.15, 0.2) is 0 Å². The summed E-state index contributed by atoms with van der Waals surface area (Å²) in [5.74, 6) is 0.590. The Morgan fingerprint density at radius 3 is 2.50 bits per heavy atom. The molecule has 0 saturated heterocycles. The lowest BCUT2D eigenvalue weighted by molar-refractivity contribution is 0.0729. The first-order valence-corrected chi connectivity index (χ1v) is 7.33. The number of rotatable bonds is 6. The number of aromatic nitrogens is 1. The van der Waals surface area contributed by atoms with Gasteiger partial charge in [0.05, 0.1) is 0 Å². The zero-order chi connectivity index (χ0) is 13.5. The number of carbonyl (C=O) groups is 1. The van der Waals surface area contributed by atoms with Crippen molar-refractivity contribution in [1.82, 2.24) is 9.88 Å². The maximum atomic E-state index is 12.3. The van der Waals surface area contributed by atoms with Crippen molar-refractivity contribution >= 4 is 21.8 Å². The van der Waals surface area contributed by atoms with Crippen molar-refractivity contribution in [2.75, 3.05) is 13.1 Å². The van der Waals surface area contributed by atoms with Crippen molar-refractivity contribution in [2.45, 2.75) is 33.6 Å². The molecule has 100 valence electrons. The Morgan fingerprint density at radius 2 is 2.00 bits per heavy atom. The summed E-state index contributed by atoms with van der Waals surface area (Å²) in [6, 6.07) is 5.44. The van der Waals surface area contributed by atoms with Crippen molar-refractivity contribution in [3.63, 3.8) is 0 Å². The highest BCUT2D eigenvalue weighted by Crippen LogP contribution is 2.13. The van der Waals surface area contributed by atoms with Crippen molar-refractivity contribution in [2.24, 2.45) is 5.92 Å². The molecule has 3 nitrogen and oxygen atoms in total. The van der Waals surface area contributed by atoms with Gasteiger partial charge in [-0.3, -0.25) is 4.79 Å². The Hall–Kier alpha value is -0.900. The lowest BCUT2D eigenvalue weighted by Crippen LogP contribution is -2.35. The molecule has 1 aromatic heterocycles. The number of hydrogen-bond donors (Lipinski definition) is 0. The summed E-state index contributed by atoms with van der Waals surface area (Å²) in [5, 5.41) is 0. The van der Waals surface area contributed by atoms with Crippen LogP contribution in [0.2, 0.25) is 0 Å². The number of hydrogen-bond acceptors (Lipinski definition) is 2. The molecule has 0 atom stereocenters. The molecule has 1 aromatic rings. The maximum Gasteiger partial charge on any atom is 0.272 e. The minimum absolute atomic E-state index is 0.0192. The van der Waals surface area contributed by atoms with Gasteiger partial charge in [0.1, 0.15) is 10.3 Å². The number of nitrogens with zero attached hydrogens (tertiary/aromatic N) is 2. The molecule has 0 radical (unpaired) electrons. The van der Waals surface area contributed by atoms with E-state index in [-0.39, 0.29) is 5.91 Å². The minimum Gasteiger partial charge on any atom is -0.337 e. The molecule has 0 aromatic carbocycles. The molecule has 0 N–H and O–H groups in total. The second-order valence-corrected chi connectivity index (χ2v) is 5.18. The third-order valence-corrected chi connectivity index (χ3v) is 3.68. The van der Waals surface area contributed by atoms with E-state index in [9.17, 15) is 4.79 Å². The summed E-state index contributed by atoms with van der Waals surface area (Å²) in [5.41, 5.74) is 0.511. The first-order valence-electron chi connectivity index (χ1n) is 6.54. The van der Waals surface area contributed by atoms with Crippen LogP contribution < -0.4 is 0 Å². The minimum atomic E-state index is 0.0192. The fourth-order valence-electron chi connectivity index (χ4n) is 1.90. The van der Waals surface area contributed by atoms with Crippen LogP contribution in [0.25, 0.3) is 0 Å². The van der Waals surface area contributed by atoms with Gasteiger partial charge >= 0.3 is 0 Å². The molecule has 0 unspecified atom stereocenters. The monoisotopic (exact) mass is 312 g/mol. The van der Waals surface area contributed by atoms with Crippen molar-refractivity contribution in [1.29, 1.82) is 0 Å². The molecule has 0 aliphatic heterocycles. The SMILES string of the molecule is CCC(CC)CN(CC)C(=O)c1cccc(Br)n1. The molecule has 0 bridgehead atoms. The summed E-state index contributed by atoms with van der Waals surface area (Å²) in [4.78, 5) is 18.4. The molecular weight excluding hydrogens is 292 g/mol. The molecule has 0 aliphatic rings. The lowest BCUT2D eigenvalue weighted by atomic mass is 10.0. The van der Waals surface area contributed by atoms with Gasteiger partial charge in [-0.05, 0) is 40.9 Å². The molecule has 0 spiro atoms. The van der Waals surface area contributed by atoms with Gasteiger partial charge < -0.3 is 4.90 Å². The van der Waals surface area contributed by atoms with Gasteiger partial charge in [0, 0.05) is 13.1 Å². The van der Waals surface area contributed by atoms with Crippen LogP contribution in [0.4, 0.5) is 0 Å². The molecular formula is C14H21BrN2O. The van der Waals surface area contributed by atoms with Gasteiger partial charge in [0.25, 0.3) is 5.91 Å². The molecule has 0 saturated carbocycles. The second-order valence-electron chi connectivity index (χ2n) is 4.37. The van der Waals surface area contributed by atoms with Crippen LogP contribution in [-0.2, 0) is 0 Å². The van der Waals surface area contributed by atoms with Crippen LogP contribution in [0.1, 0.15) is 44.1 Å². The Bertz CT molecular complexity index is 391. The Morgan fingerprint density at radius 1 is 1.33 bits per heavy atom. The fourth-order valence-corrected chi connectivity index (χ4v) is 2.25. The molecule has 1 heterocycles. The van der Waals surface area contributed by atoms with Crippen molar-refractivity contribution < 1.29 is 4.79 Å². The zero-order valence-electron chi connectivity index (χ0n) is 11.3. The predicted molar refractivity (Wildman–Crippen MR) is 77.6 cm³/mol. The van der Waals surface area contributed by atoms with E-state index in [1.54, 1.807) is 6.07 Å². The summed E-state index contributed by atoms with van der Waals surface area (Å²) in [6.45, 7) is 7.89. The van der Waals surface area contributed by atoms with Gasteiger partial charge in [-0.2, -0.15) is 0 Å². The average Bonchev–Trinajstić information content (AvgIpc) is 2.39. The van der Waals surface area contributed by atoms with E-state index in [2.05, 4.69) is 34.8 Å². The highest BCUT2D eigenvalue weighted by Gasteiger charge is 2.18. The topological polar surface area (TPSA) is 33.2 Å². The summed E-state index contributed by atoms with van der Waals surface area (Å²) < 4.78 is 0.701. The first-order chi connectivity index (χ1) is 8.62. The predicted octanol–water partition coefficient (Wildman–Crippen LogP) is 3.74. The van der Waals surface area contributed by atoms with Gasteiger partial charge in [-0.25, -0.2) is 4.98 Å². The largest absolute Gasteiger partial charge is 0.337 e. The van der Waals surface area contributed by atoms with Gasteiger partial charge in [-0.1, -0.05) is 32.8 Å². The van der Waals surface area contributed by atoms with Crippen molar-refractivity contribution in [3.8, 4) is 0 Å². The molecule has 1 amide bonds. The Balaban J connectivity index is 2.79. The van der Waals surface area contributed by atoms with Crippen LogP contribution in [-0.4, -0.2) is 28.9 Å². The van der Waals surface area contributed by atoms with E-state index in [1.807, 2.05) is 24.0 Å². The molecule has 18 heavy (non-hydrogen) atoms. The Labute approximate surface area is 118 Å². The third kappa shape index (κ3) is 4.09. The van der Waals surface area contributed by atoms with E-state index in [0.29, 0.717) is 16.2 Å². The van der Waals surface area contributed by atoms with Crippen LogP contribution in [0.3, 0.4) is 0 Å². The second kappa shape index (κ2) is 7.52. The fraction of sp³-hybridized carbons (Fsp3) is 0.571. The number of carbonyl (C=O) groups excluding carboxylic acids is 1. The van der Waals surface area contributed by atoms with Crippen LogP contribution in [0.5, 0.6) is 0 Å². The molecule has 0 fully saturated rings. The van der Waals surface area contributed by atoms with Crippen LogP contribution in [0, 0.1) is 5.92 Å². The standard InChI is InChI=1S/C14H21BrN2O/c1-4-11(5-2)10-17(6-3)14(18)12-8-7-9-13(15)16-12/h7-9,11H,4-6,10H2,1-3H3. The third-order valence-electron chi connectivity index (χ3n) is 3.24. The lowest BCUT2D eigenvalue weighted by Gasteiger charge is -2.25. The van der Waals surface area contributed by atoms with Crippen LogP contribution >= 0.6 is 15.9 Å². The van der Waals surface area contributed by atoms with E-state index >= 15 is 0 Å². The van der Waals surface area contributed by atoms with Crippen LogP contribution in [0.15, 0.2) is 22.8 Å². The normalized spacial score (nSPS) is 10.7. The number of amides is 1. The van der Waals surface area contributed by atoms with E-state index < -0.39 is 0 Å². The zero-order valence-corrected chi connectivity index (χ0v) is 12.9. The molecule has 1 rings (SSSR count). The van der Waals surface area contributed by atoms with Gasteiger partial charge in [0.2, 0.25) is 0 Å². The highest BCUT2D eigenvalue weighted by molar-refractivity contribution is 9.10. The molecule has 0 aliphatic carbocycles. The van der Waals surface area contributed by atoms with Gasteiger partial charge in [-0.15, -0.1) is 0 Å². The summed E-state index contributed by atoms with van der Waals surface area (Å²) in [6.07, 6.45) is 2.21. The quantitative estimate of drug-likeness (QED) is 0.750.